The second-order valence-electron chi connectivity index (χ2n) is 10.3. The van der Waals surface area contributed by atoms with Crippen LogP contribution in [-0.4, -0.2) is 14.5 Å². The monoisotopic (exact) mass is 511 g/mol. The van der Waals surface area contributed by atoms with Crippen LogP contribution in [0.4, 0.5) is 0 Å². The lowest BCUT2D eigenvalue weighted by Gasteiger charge is -2.33. The second kappa shape index (κ2) is 8.89. The zero-order valence-electron chi connectivity index (χ0n) is 21.8. The van der Waals surface area contributed by atoms with Crippen LogP contribution in [-0.2, 0) is 5.41 Å². The van der Waals surface area contributed by atoms with Crippen molar-refractivity contribution in [2.75, 3.05) is 0 Å². The molecule has 0 spiro atoms. The zero-order valence-corrected chi connectivity index (χ0v) is 21.8. The molecule has 188 valence electrons. The van der Waals surface area contributed by atoms with E-state index in [0.29, 0.717) is 0 Å². The van der Waals surface area contributed by atoms with Gasteiger partial charge in [-0.3, -0.25) is 9.55 Å². The van der Waals surface area contributed by atoms with Crippen molar-refractivity contribution in [2.24, 2.45) is 0 Å². The molecular weight excluding hydrogens is 486 g/mol. The lowest BCUT2D eigenvalue weighted by atomic mass is 9.67. The largest absolute Gasteiger partial charge is 0.299 e. The van der Waals surface area contributed by atoms with Crippen molar-refractivity contribution in [2.45, 2.75) is 5.41 Å². The molecule has 0 amide bonds. The molecule has 0 saturated heterocycles. The predicted molar refractivity (Wildman–Crippen MR) is 162 cm³/mol. The minimum absolute atomic E-state index is 0.430. The Bertz CT molecular complexity index is 1930. The molecule has 3 nitrogen and oxygen atoms in total. The third kappa shape index (κ3) is 3.18. The van der Waals surface area contributed by atoms with Gasteiger partial charge in [-0.2, -0.15) is 0 Å². The summed E-state index contributed by atoms with van der Waals surface area (Å²) in [6, 6.07) is 47.6. The Morgan fingerprint density at radius 2 is 1.18 bits per heavy atom. The molecule has 2 aromatic heterocycles. The van der Waals surface area contributed by atoms with Gasteiger partial charge in [-0.25, -0.2) is 4.98 Å². The average molecular weight is 512 g/mol. The molecule has 5 aromatic carbocycles. The molecule has 40 heavy (non-hydrogen) atoms. The SMILES string of the molecule is c1ccc(-c2cnc(-n3ccc4ccc5c(c43)-c3ccccc3C5(c3ccccc3)c3ccccc3)cn2)cc1. The van der Waals surface area contributed by atoms with E-state index in [1.807, 2.05) is 30.6 Å². The van der Waals surface area contributed by atoms with Gasteiger partial charge >= 0.3 is 0 Å². The summed E-state index contributed by atoms with van der Waals surface area (Å²) in [5.74, 6) is 0.803. The van der Waals surface area contributed by atoms with Crippen LogP contribution in [0.3, 0.4) is 0 Å². The molecule has 0 aliphatic heterocycles. The topological polar surface area (TPSA) is 30.7 Å². The zero-order chi connectivity index (χ0) is 26.5. The molecule has 7 aromatic rings. The van der Waals surface area contributed by atoms with Crippen LogP contribution < -0.4 is 0 Å². The van der Waals surface area contributed by atoms with Crippen LogP contribution in [0.1, 0.15) is 22.3 Å². The molecule has 0 fully saturated rings. The van der Waals surface area contributed by atoms with E-state index in [9.17, 15) is 0 Å². The highest BCUT2D eigenvalue weighted by Crippen LogP contribution is 2.57. The molecule has 0 atom stereocenters. The number of aromatic nitrogens is 3. The van der Waals surface area contributed by atoms with Gasteiger partial charge in [0.1, 0.15) is 0 Å². The molecule has 3 heteroatoms. The maximum absolute atomic E-state index is 4.88. The van der Waals surface area contributed by atoms with Crippen molar-refractivity contribution in [1.82, 2.24) is 14.5 Å². The van der Waals surface area contributed by atoms with E-state index in [4.69, 9.17) is 9.97 Å². The molecule has 2 heterocycles. The van der Waals surface area contributed by atoms with E-state index in [1.165, 1.54) is 38.8 Å². The number of benzene rings is 5. The fraction of sp³-hybridized carbons (Fsp3) is 0.0270. The minimum Gasteiger partial charge on any atom is -0.299 e. The van der Waals surface area contributed by atoms with Crippen LogP contribution in [0.15, 0.2) is 152 Å². The highest BCUT2D eigenvalue weighted by Gasteiger charge is 2.46. The Morgan fingerprint density at radius 3 is 1.85 bits per heavy atom. The highest BCUT2D eigenvalue weighted by molar-refractivity contribution is 6.03. The fourth-order valence-corrected chi connectivity index (χ4v) is 6.55. The van der Waals surface area contributed by atoms with Gasteiger partial charge in [-0.05, 0) is 33.9 Å². The van der Waals surface area contributed by atoms with Gasteiger partial charge in [-0.15, -0.1) is 0 Å². The molecule has 0 N–H and O–H groups in total. The van der Waals surface area contributed by atoms with Gasteiger partial charge in [0.15, 0.2) is 5.82 Å². The first-order valence-corrected chi connectivity index (χ1v) is 13.6. The molecule has 0 saturated carbocycles. The summed E-state index contributed by atoms with van der Waals surface area (Å²) in [6.07, 6.45) is 5.86. The van der Waals surface area contributed by atoms with Crippen molar-refractivity contribution in [1.29, 1.82) is 0 Å². The van der Waals surface area contributed by atoms with E-state index in [1.54, 1.807) is 0 Å². The lowest BCUT2D eigenvalue weighted by Crippen LogP contribution is -2.28. The maximum atomic E-state index is 4.88. The van der Waals surface area contributed by atoms with E-state index in [-0.39, 0.29) is 0 Å². The quantitative estimate of drug-likeness (QED) is 0.237. The summed E-state index contributed by atoms with van der Waals surface area (Å²) in [6.45, 7) is 0. The van der Waals surface area contributed by atoms with E-state index < -0.39 is 5.41 Å². The first-order valence-electron chi connectivity index (χ1n) is 13.6. The summed E-state index contributed by atoms with van der Waals surface area (Å²) in [4.78, 5) is 9.67. The summed E-state index contributed by atoms with van der Waals surface area (Å²) in [5.41, 5.74) is 10.3. The molecule has 8 rings (SSSR count). The number of rotatable bonds is 4. The molecule has 1 aliphatic rings. The summed E-state index contributed by atoms with van der Waals surface area (Å²) >= 11 is 0. The standard InChI is InChI=1S/C37H25N3/c1-4-12-26(13-5-1)33-24-39-34(25-38-33)40-23-22-27-20-21-32-35(36(27)40)30-18-10-11-19-31(30)37(32,28-14-6-2-7-15-28)29-16-8-3-9-17-29/h1-25H. The molecule has 0 radical (unpaired) electrons. The predicted octanol–water partition coefficient (Wildman–Crippen LogP) is 8.45. The van der Waals surface area contributed by atoms with Crippen LogP contribution in [0.2, 0.25) is 0 Å². The second-order valence-corrected chi connectivity index (χ2v) is 10.3. The number of hydrogen-bond donors (Lipinski definition) is 0. The third-order valence-electron chi connectivity index (χ3n) is 8.23. The van der Waals surface area contributed by atoms with Crippen molar-refractivity contribution in [3.8, 4) is 28.2 Å². The Balaban J connectivity index is 1.42. The van der Waals surface area contributed by atoms with E-state index in [2.05, 4.69) is 126 Å². The summed E-state index contributed by atoms with van der Waals surface area (Å²) in [5, 5.41) is 1.18. The first kappa shape index (κ1) is 22.7. The lowest BCUT2D eigenvalue weighted by molar-refractivity contribution is 0.769. The summed E-state index contributed by atoms with van der Waals surface area (Å²) < 4.78 is 2.19. The Labute approximate surface area is 233 Å². The average Bonchev–Trinajstić information content (AvgIpc) is 3.60. The third-order valence-corrected chi connectivity index (χ3v) is 8.23. The normalized spacial score (nSPS) is 13.2. The maximum Gasteiger partial charge on any atom is 0.155 e. The van der Waals surface area contributed by atoms with E-state index >= 15 is 0 Å². The van der Waals surface area contributed by atoms with Gasteiger partial charge in [-0.1, -0.05) is 127 Å². The van der Waals surface area contributed by atoms with Gasteiger partial charge in [0.05, 0.1) is 29.0 Å². The van der Waals surface area contributed by atoms with Crippen LogP contribution >= 0.6 is 0 Å². The molecule has 0 bridgehead atoms. The number of hydrogen-bond acceptors (Lipinski definition) is 2. The van der Waals surface area contributed by atoms with Crippen LogP contribution in [0.5, 0.6) is 0 Å². The van der Waals surface area contributed by atoms with Crippen LogP contribution in [0, 0.1) is 0 Å². The molecular formula is C37H25N3. The first-order chi connectivity index (χ1) is 19.9. The van der Waals surface area contributed by atoms with Crippen LogP contribution in [0.25, 0.3) is 39.1 Å². The van der Waals surface area contributed by atoms with Crippen molar-refractivity contribution < 1.29 is 0 Å². The van der Waals surface area contributed by atoms with Gasteiger partial charge in [0.25, 0.3) is 0 Å². The Kier molecular flexibility index (Phi) is 5.04. The Morgan fingerprint density at radius 1 is 0.525 bits per heavy atom. The number of nitrogens with zero attached hydrogens (tertiary/aromatic N) is 3. The van der Waals surface area contributed by atoms with Gasteiger partial charge in [0, 0.05) is 22.7 Å². The van der Waals surface area contributed by atoms with Gasteiger partial charge < -0.3 is 0 Å². The number of fused-ring (bicyclic) bond motifs is 5. The molecule has 0 unspecified atom stereocenters. The van der Waals surface area contributed by atoms with E-state index in [0.717, 1.165) is 22.6 Å². The van der Waals surface area contributed by atoms with Crippen molar-refractivity contribution in [3.05, 3.63) is 174 Å². The molecule has 1 aliphatic carbocycles. The van der Waals surface area contributed by atoms with Crippen molar-refractivity contribution >= 4 is 10.9 Å². The van der Waals surface area contributed by atoms with Gasteiger partial charge in [0.2, 0.25) is 0 Å². The fourth-order valence-electron chi connectivity index (χ4n) is 6.55. The Hall–Kier alpha value is -5.28. The minimum atomic E-state index is -0.430. The highest BCUT2D eigenvalue weighted by atomic mass is 15.1. The summed E-state index contributed by atoms with van der Waals surface area (Å²) in [7, 11) is 0. The smallest absolute Gasteiger partial charge is 0.155 e. The van der Waals surface area contributed by atoms with Crippen molar-refractivity contribution in [3.63, 3.8) is 0 Å².